The normalized spacial score (nSPS) is 46.4. The first-order valence-corrected chi connectivity index (χ1v) is 10.00. The Morgan fingerprint density at radius 2 is 1.00 bits per heavy atom. The molecule has 0 bridgehead atoms. The molecule has 13 heteroatoms. The lowest BCUT2D eigenvalue weighted by molar-refractivity contribution is -0.286. The Kier molecular flexibility index (Phi) is 7.54. The molecule has 0 aromatic carbocycles. The molecule has 0 unspecified atom stereocenters. The summed E-state index contributed by atoms with van der Waals surface area (Å²) in [5, 5.41) is 59.0. The lowest BCUT2D eigenvalue weighted by atomic mass is 10.00. The highest BCUT2D eigenvalue weighted by molar-refractivity contribution is 7.91. The second-order valence-electron chi connectivity index (χ2n) is 6.58. The van der Waals surface area contributed by atoms with Gasteiger partial charge in [0.25, 0.3) is 0 Å². The number of sulfone groups is 1. The van der Waals surface area contributed by atoms with E-state index in [-0.39, 0.29) is 0 Å². The summed E-state index contributed by atoms with van der Waals surface area (Å²) in [6, 6.07) is 0. The van der Waals surface area contributed by atoms with Crippen LogP contribution in [0.1, 0.15) is 0 Å². The zero-order valence-electron chi connectivity index (χ0n) is 14.7. The standard InChI is InChI=1S/C14H26O12S/c1-23-13-11(19)9(17)7(15)5(25-13)3-27(21,22)4-6-8(16)10(18)12(20)14(24-2)26-6/h5-20H,3-4H2,1-2H3/t5-,6-,7-,8-,9+,10+,11+,12+,13+,14+/m1/s1. The molecule has 2 aliphatic heterocycles. The largest absolute Gasteiger partial charge is 0.388 e. The molecule has 2 heterocycles. The van der Waals surface area contributed by atoms with Crippen LogP contribution in [0.5, 0.6) is 0 Å². The van der Waals surface area contributed by atoms with Crippen molar-refractivity contribution in [2.45, 2.75) is 61.4 Å². The smallest absolute Gasteiger partial charge is 0.186 e. The van der Waals surface area contributed by atoms with Crippen LogP contribution < -0.4 is 0 Å². The van der Waals surface area contributed by atoms with Gasteiger partial charge in [-0.05, 0) is 0 Å². The van der Waals surface area contributed by atoms with Gasteiger partial charge in [-0.1, -0.05) is 0 Å². The summed E-state index contributed by atoms with van der Waals surface area (Å²) in [5.41, 5.74) is 0. The quantitative estimate of drug-likeness (QED) is 0.242. The minimum absolute atomic E-state index is 0.777. The van der Waals surface area contributed by atoms with E-state index in [1.807, 2.05) is 0 Å². The van der Waals surface area contributed by atoms with Crippen LogP contribution in [0.2, 0.25) is 0 Å². The highest BCUT2D eigenvalue weighted by Crippen LogP contribution is 2.26. The highest BCUT2D eigenvalue weighted by atomic mass is 32.2. The van der Waals surface area contributed by atoms with Crippen molar-refractivity contribution in [2.75, 3.05) is 25.7 Å². The van der Waals surface area contributed by atoms with E-state index in [0.29, 0.717) is 0 Å². The van der Waals surface area contributed by atoms with E-state index in [9.17, 15) is 39.1 Å². The molecular weight excluding hydrogens is 392 g/mol. The molecule has 10 atom stereocenters. The molecule has 0 aromatic heterocycles. The molecule has 2 aliphatic rings. The van der Waals surface area contributed by atoms with Crippen LogP contribution in [0.25, 0.3) is 0 Å². The molecule has 2 rings (SSSR count). The van der Waals surface area contributed by atoms with Crippen molar-refractivity contribution in [2.24, 2.45) is 0 Å². The fraction of sp³-hybridized carbons (Fsp3) is 1.00. The van der Waals surface area contributed by atoms with Crippen LogP contribution in [0, 0.1) is 0 Å². The summed E-state index contributed by atoms with van der Waals surface area (Å²) in [7, 11) is -1.71. The summed E-state index contributed by atoms with van der Waals surface area (Å²) in [6.07, 6.45) is -15.4. The van der Waals surface area contributed by atoms with Gasteiger partial charge in [0.2, 0.25) is 0 Å². The topological polar surface area (TPSA) is 192 Å². The Hall–Kier alpha value is -0.450. The fourth-order valence-electron chi connectivity index (χ4n) is 3.07. The lowest BCUT2D eigenvalue weighted by Crippen LogP contribution is -2.61. The van der Waals surface area contributed by atoms with Crippen molar-refractivity contribution >= 4 is 9.84 Å². The Labute approximate surface area is 155 Å². The van der Waals surface area contributed by atoms with Crippen molar-refractivity contribution in [3.05, 3.63) is 0 Å². The molecule has 27 heavy (non-hydrogen) atoms. The first-order chi connectivity index (χ1) is 12.5. The number of methoxy groups -OCH3 is 2. The molecule has 0 radical (unpaired) electrons. The second kappa shape index (κ2) is 8.92. The van der Waals surface area contributed by atoms with Gasteiger partial charge >= 0.3 is 0 Å². The summed E-state index contributed by atoms with van der Waals surface area (Å²) in [4.78, 5) is 0. The van der Waals surface area contributed by atoms with Crippen molar-refractivity contribution < 1.29 is 58.0 Å². The molecule has 12 nitrogen and oxygen atoms in total. The maximum absolute atomic E-state index is 12.5. The van der Waals surface area contributed by atoms with Crippen LogP contribution in [-0.2, 0) is 28.8 Å². The van der Waals surface area contributed by atoms with Crippen molar-refractivity contribution in [3.63, 3.8) is 0 Å². The number of ether oxygens (including phenoxy) is 4. The Bertz CT molecular complexity index is 537. The Balaban J connectivity index is 2.07. The van der Waals surface area contributed by atoms with E-state index in [2.05, 4.69) is 0 Å². The molecular formula is C14H26O12S. The van der Waals surface area contributed by atoms with Gasteiger partial charge in [0.1, 0.15) is 48.8 Å². The molecule has 0 saturated carbocycles. The molecule has 0 amide bonds. The molecule has 2 fully saturated rings. The summed E-state index contributed by atoms with van der Waals surface area (Å²) in [6.45, 7) is 0. The number of aliphatic hydroxyl groups is 6. The number of aliphatic hydroxyl groups excluding tert-OH is 6. The van der Waals surface area contributed by atoms with Gasteiger partial charge in [-0.3, -0.25) is 0 Å². The van der Waals surface area contributed by atoms with Crippen LogP contribution in [0.3, 0.4) is 0 Å². The monoisotopic (exact) mass is 418 g/mol. The fourth-order valence-corrected chi connectivity index (χ4v) is 4.76. The van der Waals surface area contributed by atoms with Crippen LogP contribution >= 0.6 is 0 Å². The lowest BCUT2D eigenvalue weighted by Gasteiger charge is -2.41. The van der Waals surface area contributed by atoms with E-state index in [1.54, 1.807) is 0 Å². The average Bonchev–Trinajstić information content (AvgIpc) is 2.62. The zero-order valence-corrected chi connectivity index (χ0v) is 15.5. The maximum Gasteiger partial charge on any atom is 0.186 e. The number of rotatable bonds is 6. The third-order valence-electron chi connectivity index (χ3n) is 4.64. The van der Waals surface area contributed by atoms with Crippen molar-refractivity contribution in [1.29, 1.82) is 0 Å². The zero-order chi connectivity index (χ0) is 20.5. The molecule has 0 aliphatic carbocycles. The van der Waals surface area contributed by atoms with E-state index in [0.717, 1.165) is 0 Å². The molecule has 160 valence electrons. The summed E-state index contributed by atoms with van der Waals surface area (Å²) >= 11 is 0. The second-order valence-corrected chi connectivity index (χ2v) is 8.73. The minimum atomic E-state index is -4.06. The van der Waals surface area contributed by atoms with E-state index < -0.39 is 82.8 Å². The Morgan fingerprint density at radius 1 is 0.667 bits per heavy atom. The molecule has 0 spiro atoms. The van der Waals surface area contributed by atoms with E-state index >= 15 is 0 Å². The van der Waals surface area contributed by atoms with Crippen LogP contribution in [0.4, 0.5) is 0 Å². The van der Waals surface area contributed by atoms with Gasteiger partial charge in [0.15, 0.2) is 22.4 Å². The summed E-state index contributed by atoms with van der Waals surface area (Å²) < 4.78 is 44.9. The van der Waals surface area contributed by atoms with E-state index in [1.165, 1.54) is 14.2 Å². The molecule has 0 aromatic rings. The maximum atomic E-state index is 12.5. The van der Waals surface area contributed by atoms with Gasteiger partial charge < -0.3 is 49.6 Å². The third kappa shape index (κ3) is 4.94. The number of hydrogen-bond donors (Lipinski definition) is 6. The van der Waals surface area contributed by atoms with Gasteiger partial charge in [-0.2, -0.15) is 0 Å². The predicted molar refractivity (Wildman–Crippen MR) is 86.0 cm³/mol. The Morgan fingerprint density at radius 3 is 1.30 bits per heavy atom. The number of hydrogen-bond acceptors (Lipinski definition) is 12. The first kappa shape index (κ1) is 22.8. The third-order valence-corrected chi connectivity index (χ3v) is 6.31. The first-order valence-electron chi connectivity index (χ1n) is 8.17. The van der Waals surface area contributed by atoms with Gasteiger partial charge in [-0.25, -0.2) is 8.42 Å². The molecule has 6 N–H and O–H groups in total. The SMILES string of the molecule is CO[C@H]1O[C@H](CS(=O)(=O)C[C@H]2O[C@H](OC)[C@@H](O)[C@@H](O)[C@@H]2O)[C@@H](O)[C@H](O)[C@@H]1O. The van der Waals surface area contributed by atoms with Crippen molar-refractivity contribution in [1.82, 2.24) is 0 Å². The average molecular weight is 418 g/mol. The van der Waals surface area contributed by atoms with Gasteiger partial charge in [0, 0.05) is 14.2 Å². The van der Waals surface area contributed by atoms with Crippen LogP contribution in [0.15, 0.2) is 0 Å². The highest BCUT2D eigenvalue weighted by Gasteiger charge is 2.48. The minimum Gasteiger partial charge on any atom is -0.388 e. The van der Waals surface area contributed by atoms with E-state index in [4.69, 9.17) is 18.9 Å². The van der Waals surface area contributed by atoms with Gasteiger partial charge in [0.05, 0.1) is 11.5 Å². The predicted octanol–water partition coefficient (Wildman–Crippen LogP) is -4.69. The summed E-state index contributed by atoms with van der Waals surface area (Å²) in [5.74, 6) is -1.55. The van der Waals surface area contributed by atoms with Crippen LogP contribution in [-0.4, -0.2) is 126 Å². The van der Waals surface area contributed by atoms with Gasteiger partial charge in [-0.15, -0.1) is 0 Å². The van der Waals surface area contributed by atoms with Crippen molar-refractivity contribution in [3.8, 4) is 0 Å². The molecule has 2 saturated heterocycles.